The molecule has 1 aliphatic heterocycles. The van der Waals surface area contributed by atoms with Crippen molar-refractivity contribution in [1.82, 2.24) is 10.2 Å². The lowest BCUT2D eigenvalue weighted by molar-refractivity contribution is -0.149. The minimum absolute atomic E-state index is 0.159. The Hall–Kier alpha value is -1.14. The van der Waals surface area contributed by atoms with E-state index in [1.54, 1.807) is 4.90 Å². The van der Waals surface area contributed by atoms with Gasteiger partial charge in [-0.3, -0.25) is 9.59 Å². The molecule has 0 aromatic rings. The summed E-state index contributed by atoms with van der Waals surface area (Å²) < 4.78 is 5.28. The number of nitrogens with zero attached hydrogens (tertiary/aromatic N) is 1. The first-order valence-electron chi connectivity index (χ1n) is 6.53. The summed E-state index contributed by atoms with van der Waals surface area (Å²) in [5, 5.41) is 2.79. The van der Waals surface area contributed by atoms with Gasteiger partial charge in [0.05, 0.1) is 19.3 Å². The van der Waals surface area contributed by atoms with Crippen LogP contribution in [0.2, 0.25) is 0 Å². The van der Waals surface area contributed by atoms with E-state index in [9.17, 15) is 9.59 Å². The van der Waals surface area contributed by atoms with Crippen molar-refractivity contribution in [2.75, 3.05) is 26.3 Å². The molecular formula is C12H23N3O3. The first-order chi connectivity index (χ1) is 8.61. The van der Waals surface area contributed by atoms with Gasteiger partial charge in [-0.05, 0) is 12.8 Å². The van der Waals surface area contributed by atoms with Crippen LogP contribution in [0.4, 0.5) is 0 Å². The summed E-state index contributed by atoms with van der Waals surface area (Å²) in [6.07, 6.45) is 1.43. The fraction of sp³-hybridized carbons (Fsp3) is 0.833. The summed E-state index contributed by atoms with van der Waals surface area (Å²) in [6.45, 7) is 5.58. The van der Waals surface area contributed by atoms with Crippen molar-refractivity contribution in [2.45, 2.75) is 38.8 Å². The van der Waals surface area contributed by atoms with E-state index in [1.807, 2.05) is 13.8 Å². The smallest absolute Gasteiger partial charge is 0.245 e. The Bertz CT molecular complexity index is 296. The number of hydrogen-bond donors (Lipinski definition) is 2. The Balaban J connectivity index is 2.67. The van der Waals surface area contributed by atoms with Crippen molar-refractivity contribution in [2.24, 2.45) is 5.73 Å². The Labute approximate surface area is 108 Å². The molecule has 1 saturated heterocycles. The topological polar surface area (TPSA) is 84.7 Å². The minimum Gasteiger partial charge on any atom is -0.377 e. The number of nitrogens with one attached hydrogen (secondary N) is 1. The van der Waals surface area contributed by atoms with Crippen LogP contribution in [0.1, 0.15) is 26.7 Å². The van der Waals surface area contributed by atoms with E-state index in [1.165, 1.54) is 0 Å². The van der Waals surface area contributed by atoms with Crippen LogP contribution in [-0.4, -0.2) is 55.1 Å². The van der Waals surface area contributed by atoms with Crippen molar-refractivity contribution in [3.8, 4) is 0 Å². The van der Waals surface area contributed by atoms with Crippen LogP contribution >= 0.6 is 0 Å². The molecule has 1 heterocycles. The van der Waals surface area contributed by atoms with Gasteiger partial charge in [-0.25, -0.2) is 0 Å². The summed E-state index contributed by atoms with van der Waals surface area (Å²) in [4.78, 5) is 25.6. The Morgan fingerprint density at radius 2 is 2.22 bits per heavy atom. The molecular weight excluding hydrogens is 234 g/mol. The SMILES string of the molecule is CCCNC(=O)C1COCCN1C(=O)C(N)CC. The van der Waals surface area contributed by atoms with E-state index in [2.05, 4.69) is 5.32 Å². The zero-order valence-corrected chi connectivity index (χ0v) is 11.1. The molecule has 1 fully saturated rings. The predicted octanol–water partition coefficient (Wildman–Crippen LogP) is -0.523. The molecule has 0 bridgehead atoms. The van der Waals surface area contributed by atoms with Gasteiger partial charge in [0, 0.05) is 13.1 Å². The number of carbonyl (C=O) groups is 2. The van der Waals surface area contributed by atoms with Gasteiger partial charge in [-0.2, -0.15) is 0 Å². The molecule has 0 aromatic carbocycles. The third kappa shape index (κ3) is 3.68. The fourth-order valence-corrected chi connectivity index (χ4v) is 1.84. The Kier molecular flexibility index (Phi) is 6.07. The van der Waals surface area contributed by atoms with Crippen LogP contribution in [0.25, 0.3) is 0 Å². The minimum atomic E-state index is -0.546. The highest BCUT2D eigenvalue weighted by atomic mass is 16.5. The zero-order valence-electron chi connectivity index (χ0n) is 11.1. The summed E-state index contributed by atoms with van der Waals surface area (Å²) in [6, 6.07) is -1.08. The van der Waals surface area contributed by atoms with Crippen LogP contribution in [0.15, 0.2) is 0 Å². The fourth-order valence-electron chi connectivity index (χ4n) is 1.84. The summed E-state index contributed by atoms with van der Waals surface area (Å²) >= 11 is 0. The Morgan fingerprint density at radius 3 is 2.83 bits per heavy atom. The maximum Gasteiger partial charge on any atom is 0.245 e. The number of morpholine rings is 1. The summed E-state index contributed by atoms with van der Waals surface area (Å²) in [5.74, 6) is -0.328. The number of rotatable bonds is 5. The second-order valence-corrected chi connectivity index (χ2v) is 4.43. The van der Waals surface area contributed by atoms with Crippen LogP contribution in [0.5, 0.6) is 0 Å². The van der Waals surface area contributed by atoms with Gasteiger partial charge < -0.3 is 20.7 Å². The number of nitrogens with two attached hydrogens (primary N) is 1. The standard InChI is InChI=1S/C12H23N3O3/c1-3-5-14-11(16)10-8-18-7-6-15(10)12(17)9(13)4-2/h9-10H,3-8,13H2,1-2H3,(H,14,16). The van der Waals surface area contributed by atoms with E-state index in [4.69, 9.17) is 10.5 Å². The molecule has 0 aliphatic carbocycles. The molecule has 18 heavy (non-hydrogen) atoms. The summed E-state index contributed by atoms with van der Waals surface area (Å²) in [5.41, 5.74) is 5.75. The number of amides is 2. The number of hydrogen-bond acceptors (Lipinski definition) is 4. The van der Waals surface area contributed by atoms with Gasteiger partial charge in [0.25, 0.3) is 0 Å². The molecule has 2 amide bonds. The van der Waals surface area contributed by atoms with Crippen LogP contribution in [0.3, 0.4) is 0 Å². The maximum absolute atomic E-state index is 12.1. The second kappa shape index (κ2) is 7.33. The molecule has 3 N–H and O–H groups in total. The largest absolute Gasteiger partial charge is 0.377 e. The molecule has 0 radical (unpaired) electrons. The van der Waals surface area contributed by atoms with Gasteiger partial charge in [0.1, 0.15) is 6.04 Å². The first kappa shape index (κ1) is 14.9. The molecule has 0 saturated carbocycles. The van der Waals surface area contributed by atoms with Crippen molar-refractivity contribution in [3.63, 3.8) is 0 Å². The second-order valence-electron chi connectivity index (χ2n) is 4.43. The molecule has 2 unspecified atom stereocenters. The first-order valence-corrected chi connectivity index (χ1v) is 6.53. The molecule has 0 aromatic heterocycles. The van der Waals surface area contributed by atoms with E-state index in [0.717, 1.165) is 6.42 Å². The zero-order chi connectivity index (χ0) is 13.5. The lowest BCUT2D eigenvalue weighted by Crippen LogP contribution is -2.59. The molecule has 6 nitrogen and oxygen atoms in total. The highest BCUT2D eigenvalue weighted by Gasteiger charge is 2.34. The van der Waals surface area contributed by atoms with Gasteiger partial charge in [-0.15, -0.1) is 0 Å². The van der Waals surface area contributed by atoms with Gasteiger partial charge in [-0.1, -0.05) is 13.8 Å². The molecule has 1 aliphatic rings. The average molecular weight is 257 g/mol. The van der Waals surface area contributed by atoms with E-state index < -0.39 is 12.1 Å². The van der Waals surface area contributed by atoms with Crippen molar-refractivity contribution < 1.29 is 14.3 Å². The van der Waals surface area contributed by atoms with Crippen molar-refractivity contribution in [3.05, 3.63) is 0 Å². The van der Waals surface area contributed by atoms with Crippen molar-refractivity contribution in [1.29, 1.82) is 0 Å². The van der Waals surface area contributed by atoms with E-state index >= 15 is 0 Å². The summed E-state index contributed by atoms with van der Waals surface area (Å²) in [7, 11) is 0. The van der Waals surface area contributed by atoms with Crippen molar-refractivity contribution >= 4 is 11.8 Å². The normalized spacial score (nSPS) is 21.5. The van der Waals surface area contributed by atoms with Crippen LogP contribution in [0, 0.1) is 0 Å². The lowest BCUT2D eigenvalue weighted by Gasteiger charge is -2.35. The van der Waals surface area contributed by atoms with Crippen LogP contribution < -0.4 is 11.1 Å². The van der Waals surface area contributed by atoms with E-state index in [-0.39, 0.29) is 18.4 Å². The van der Waals surface area contributed by atoms with Crippen LogP contribution in [-0.2, 0) is 14.3 Å². The van der Waals surface area contributed by atoms with Gasteiger partial charge in [0.2, 0.25) is 11.8 Å². The highest BCUT2D eigenvalue weighted by molar-refractivity contribution is 5.90. The van der Waals surface area contributed by atoms with Gasteiger partial charge in [0.15, 0.2) is 0 Å². The quantitative estimate of drug-likeness (QED) is 0.694. The predicted molar refractivity (Wildman–Crippen MR) is 67.9 cm³/mol. The average Bonchev–Trinajstić information content (AvgIpc) is 2.43. The van der Waals surface area contributed by atoms with E-state index in [0.29, 0.717) is 26.1 Å². The third-order valence-corrected chi connectivity index (χ3v) is 3.02. The van der Waals surface area contributed by atoms with Gasteiger partial charge >= 0.3 is 0 Å². The number of ether oxygens (including phenoxy) is 1. The molecule has 1 rings (SSSR count). The molecule has 2 atom stereocenters. The monoisotopic (exact) mass is 257 g/mol. The number of carbonyl (C=O) groups excluding carboxylic acids is 2. The highest BCUT2D eigenvalue weighted by Crippen LogP contribution is 2.10. The molecule has 0 spiro atoms. The lowest BCUT2D eigenvalue weighted by atomic mass is 10.1. The third-order valence-electron chi connectivity index (χ3n) is 3.02. The molecule has 6 heteroatoms. The molecule has 104 valence electrons. The maximum atomic E-state index is 12.1. The Morgan fingerprint density at radius 1 is 1.50 bits per heavy atom.